The Morgan fingerprint density at radius 3 is 2.13 bits per heavy atom. The average Bonchev–Trinajstić information content (AvgIpc) is 3.35. The molecular weight excluding hydrogens is 451 g/mol. The van der Waals surface area contributed by atoms with Crippen molar-refractivity contribution in [1.82, 2.24) is 0 Å². The van der Waals surface area contributed by atoms with Crippen molar-refractivity contribution in [3.05, 3.63) is 88.3 Å². The molecule has 1 aliphatic heterocycles. The maximum atomic E-state index is 13.7. The number of hydrogen-bond donors (Lipinski definition) is 2. The number of benzene rings is 2. The molecule has 4 rings (SSSR count). The van der Waals surface area contributed by atoms with Gasteiger partial charge in [0.25, 0.3) is 9.05 Å². The molecule has 152 valence electrons. The summed E-state index contributed by atoms with van der Waals surface area (Å²) in [7, 11) is 1.32. The first-order valence-corrected chi connectivity index (χ1v) is 11.6. The van der Waals surface area contributed by atoms with Crippen LogP contribution in [-0.2, 0) is 9.05 Å². The van der Waals surface area contributed by atoms with E-state index in [9.17, 15) is 22.4 Å². The number of nitrogens with one attached hydrogen (secondary N) is 2. The summed E-state index contributed by atoms with van der Waals surface area (Å²) in [6, 6.07) is 14.5. The van der Waals surface area contributed by atoms with Crippen LogP contribution in [0.3, 0.4) is 0 Å². The highest BCUT2D eigenvalue weighted by molar-refractivity contribution is 8.15. The highest BCUT2D eigenvalue weighted by Gasteiger charge is 2.30. The SMILES string of the molecule is O=C(C(C(=O)c1ccc(S(=O)(=O)Cl)s1)=C1Nc2ccccc2N1)c1cccc(F)c1. The van der Waals surface area contributed by atoms with E-state index in [2.05, 4.69) is 10.6 Å². The smallest absolute Gasteiger partial charge is 0.270 e. The molecule has 0 unspecified atom stereocenters. The number of hydrogen-bond acceptors (Lipinski definition) is 7. The van der Waals surface area contributed by atoms with Crippen molar-refractivity contribution in [2.45, 2.75) is 4.21 Å². The van der Waals surface area contributed by atoms with Crippen molar-refractivity contribution >= 4 is 54.0 Å². The van der Waals surface area contributed by atoms with Gasteiger partial charge in [-0.05, 0) is 36.4 Å². The van der Waals surface area contributed by atoms with Gasteiger partial charge in [-0.15, -0.1) is 11.3 Å². The van der Waals surface area contributed by atoms with Gasteiger partial charge in [-0.3, -0.25) is 9.59 Å². The lowest BCUT2D eigenvalue weighted by Gasteiger charge is -2.10. The van der Waals surface area contributed by atoms with Crippen molar-refractivity contribution in [2.24, 2.45) is 0 Å². The van der Waals surface area contributed by atoms with E-state index < -0.39 is 26.4 Å². The van der Waals surface area contributed by atoms with E-state index in [0.29, 0.717) is 22.7 Å². The first-order chi connectivity index (χ1) is 14.2. The summed E-state index contributed by atoms with van der Waals surface area (Å²) < 4.78 is 36.6. The van der Waals surface area contributed by atoms with Gasteiger partial charge >= 0.3 is 0 Å². The number of carbonyl (C=O) groups excluding carboxylic acids is 2. The maximum absolute atomic E-state index is 13.7. The molecule has 0 bridgehead atoms. The summed E-state index contributed by atoms with van der Waals surface area (Å²) in [6.45, 7) is 0. The fourth-order valence-electron chi connectivity index (χ4n) is 2.93. The maximum Gasteiger partial charge on any atom is 0.270 e. The van der Waals surface area contributed by atoms with Gasteiger partial charge < -0.3 is 10.6 Å². The van der Waals surface area contributed by atoms with Gasteiger partial charge in [0.2, 0.25) is 11.6 Å². The van der Waals surface area contributed by atoms with Gasteiger partial charge in [0, 0.05) is 16.2 Å². The van der Waals surface area contributed by atoms with Crippen molar-refractivity contribution in [3.63, 3.8) is 0 Å². The molecule has 1 aromatic heterocycles. The van der Waals surface area contributed by atoms with E-state index in [0.717, 1.165) is 6.07 Å². The molecular formula is C20H12ClFN2O4S2. The number of thiophene rings is 1. The highest BCUT2D eigenvalue weighted by atomic mass is 35.7. The fourth-order valence-corrected chi connectivity index (χ4v) is 4.95. The van der Waals surface area contributed by atoms with Crippen LogP contribution in [0.4, 0.5) is 15.8 Å². The molecule has 2 N–H and O–H groups in total. The van der Waals surface area contributed by atoms with Crippen molar-refractivity contribution < 1.29 is 22.4 Å². The Bertz CT molecular complexity index is 1300. The van der Waals surface area contributed by atoms with Crippen LogP contribution >= 0.6 is 22.0 Å². The minimum Gasteiger partial charge on any atom is -0.339 e. The topological polar surface area (TPSA) is 92.3 Å². The predicted molar refractivity (Wildman–Crippen MR) is 113 cm³/mol. The van der Waals surface area contributed by atoms with E-state index in [1.54, 1.807) is 24.3 Å². The van der Waals surface area contributed by atoms with Crippen LogP contribution in [0.5, 0.6) is 0 Å². The van der Waals surface area contributed by atoms with Gasteiger partial charge in [0.15, 0.2) is 0 Å². The summed E-state index contributed by atoms with van der Waals surface area (Å²) in [6.07, 6.45) is 0. The minimum atomic E-state index is -4.03. The van der Waals surface area contributed by atoms with Gasteiger partial charge in [0.05, 0.1) is 16.3 Å². The van der Waals surface area contributed by atoms with Crippen molar-refractivity contribution in [2.75, 3.05) is 10.6 Å². The Balaban J connectivity index is 1.82. The predicted octanol–water partition coefficient (Wildman–Crippen LogP) is 4.63. The Morgan fingerprint density at radius 2 is 1.57 bits per heavy atom. The molecule has 1 aliphatic rings. The van der Waals surface area contributed by atoms with Gasteiger partial charge in [-0.1, -0.05) is 24.3 Å². The van der Waals surface area contributed by atoms with Gasteiger partial charge in [0.1, 0.15) is 21.4 Å². The first-order valence-electron chi connectivity index (χ1n) is 8.51. The van der Waals surface area contributed by atoms with Crippen LogP contribution < -0.4 is 10.6 Å². The molecule has 0 amide bonds. The van der Waals surface area contributed by atoms with Gasteiger partial charge in [-0.25, -0.2) is 12.8 Å². The number of halogens is 2. The monoisotopic (exact) mass is 462 g/mol. The Labute approximate surface area is 179 Å². The number of para-hydroxylation sites is 2. The minimum absolute atomic E-state index is 0.000958. The highest BCUT2D eigenvalue weighted by Crippen LogP contribution is 2.34. The van der Waals surface area contributed by atoms with E-state index >= 15 is 0 Å². The van der Waals surface area contributed by atoms with E-state index in [1.807, 2.05) is 0 Å². The van der Waals surface area contributed by atoms with Crippen LogP contribution in [0.25, 0.3) is 0 Å². The van der Waals surface area contributed by atoms with Crippen molar-refractivity contribution in [1.29, 1.82) is 0 Å². The molecule has 0 atom stereocenters. The van der Waals surface area contributed by atoms with Crippen LogP contribution in [0, 0.1) is 5.82 Å². The Morgan fingerprint density at radius 1 is 0.900 bits per heavy atom. The zero-order valence-electron chi connectivity index (χ0n) is 15.0. The largest absolute Gasteiger partial charge is 0.339 e. The first kappa shape index (κ1) is 20.3. The molecule has 2 heterocycles. The van der Waals surface area contributed by atoms with Crippen LogP contribution in [0.1, 0.15) is 20.0 Å². The number of allylic oxidation sites excluding steroid dienone is 1. The average molecular weight is 463 g/mol. The van der Waals surface area contributed by atoms with E-state index in [4.69, 9.17) is 10.7 Å². The molecule has 0 aliphatic carbocycles. The molecule has 10 heteroatoms. The second-order valence-corrected chi connectivity index (χ2v) is 10.1. The lowest BCUT2D eigenvalue weighted by Crippen LogP contribution is -2.20. The lowest BCUT2D eigenvalue weighted by atomic mass is 9.98. The number of rotatable bonds is 5. The molecule has 0 saturated heterocycles. The number of Topliss-reactive ketones (excluding diaryl/α,β-unsaturated/α-hetero) is 2. The van der Waals surface area contributed by atoms with Crippen LogP contribution in [0.2, 0.25) is 0 Å². The zero-order valence-corrected chi connectivity index (χ0v) is 17.4. The molecule has 0 radical (unpaired) electrons. The number of anilines is 2. The zero-order chi connectivity index (χ0) is 21.5. The van der Waals surface area contributed by atoms with Gasteiger partial charge in [-0.2, -0.15) is 0 Å². The Kier molecular flexibility index (Phi) is 5.19. The third-order valence-electron chi connectivity index (χ3n) is 4.28. The van der Waals surface area contributed by atoms with E-state index in [1.165, 1.54) is 30.3 Å². The second kappa shape index (κ2) is 7.67. The summed E-state index contributed by atoms with van der Waals surface area (Å²) in [4.78, 5) is 26.4. The number of ketones is 2. The summed E-state index contributed by atoms with van der Waals surface area (Å²) in [5.41, 5.74) is 1.00. The molecule has 0 spiro atoms. The summed E-state index contributed by atoms with van der Waals surface area (Å²) in [5, 5.41) is 5.96. The molecule has 3 aromatic rings. The molecule has 0 saturated carbocycles. The van der Waals surface area contributed by atoms with E-state index in [-0.39, 0.29) is 26.0 Å². The molecule has 6 nitrogen and oxygen atoms in total. The lowest BCUT2D eigenvalue weighted by molar-refractivity contribution is 0.0963. The second-order valence-electron chi connectivity index (χ2n) is 6.27. The molecule has 2 aromatic carbocycles. The third kappa shape index (κ3) is 3.87. The van der Waals surface area contributed by atoms with Crippen LogP contribution in [-0.4, -0.2) is 20.0 Å². The van der Waals surface area contributed by atoms with Crippen molar-refractivity contribution in [3.8, 4) is 0 Å². The quantitative estimate of drug-likeness (QED) is 0.189. The van der Waals surface area contributed by atoms with Crippen LogP contribution in [0.15, 0.2) is 76.3 Å². The number of fused-ring (bicyclic) bond motifs is 1. The third-order valence-corrected chi connectivity index (χ3v) is 7.46. The number of carbonyl (C=O) groups is 2. The summed E-state index contributed by atoms with van der Waals surface area (Å²) in [5.74, 6) is -1.94. The standard InChI is InChI=1S/C20H12ClFN2O4S2/c21-30(27,28)16-9-8-15(29-16)19(26)17(18(25)11-4-3-5-12(22)10-11)20-23-13-6-1-2-7-14(13)24-20/h1-10,23-24H. The normalized spacial score (nSPS) is 12.7. The Hall–Kier alpha value is -3.01. The molecule has 30 heavy (non-hydrogen) atoms. The summed E-state index contributed by atoms with van der Waals surface area (Å²) >= 11 is 0.649. The fraction of sp³-hybridized carbons (Fsp3) is 0. The molecule has 0 fully saturated rings.